The predicted octanol–water partition coefficient (Wildman–Crippen LogP) is 6.08. The van der Waals surface area contributed by atoms with Crippen molar-refractivity contribution in [2.75, 3.05) is 0 Å². The Labute approximate surface area is 178 Å². The first-order valence-electron chi connectivity index (χ1n) is 9.65. The van der Waals surface area contributed by atoms with Crippen molar-refractivity contribution < 1.29 is 15.7 Å². The van der Waals surface area contributed by atoms with E-state index in [2.05, 4.69) is 0 Å². The van der Waals surface area contributed by atoms with E-state index in [4.69, 9.17) is 6.15 Å². The third-order valence-corrected chi connectivity index (χ3v) is 12.1. The van der Waals surface area contributed by atoms with Crippen LogP contribution in [0.5, 0.6) is 0 Å². The number of hydrogen-bond acceptors (Lipinski definition) is 4. The van der Waals surface area contributed by atoms with Crippen LogP contribution in [0, 0.1) is 0 Å². The van der Waals surface area contributed by atoms with Gasteiger partial charge in [-0.3, -0.25) is 0 Å². The molecule has 0 aliphatic heterocycles. The molecule has 152 valence electrons. The monoisotopic (exact) mass is 500 g/mol. The number of benzene rings is 2. The second kappa shape index (κ2) is 11.0. The minimum atomic E-state index is -4.20. The average molecular weight is 499 g/mol. The average Bonchev–Trinajstić information content (AvgIpc) is 2.72. The molecule has 0 radical (unpaired) electrons. The van der Waals surface area contributed by atoms with Gasteiger partial charge in [0.25, 0.3) is 0 Å². The molecule has 0 atom stereocenters. The maximum absolute atomic E-state index is 12.9. The van der Waals surface area contributed by atoms with Gasteiger partial charge >= 0.3 is 179 Å². The van der Waals surface area contributed by atoms with Crippen molar-refractivity contribution in [3.05, 3.63) is 95.1 Å². The van der Waals surface area contributed by atoms with Gasteiger partial charge in [0.05, 0.1) is 0 Å². The topological polar surface area (TPSA) is 52.6 Å². The molecule has 0 heterocycles. The van der Waals surface area contributed by atoms with E-state index in [0.29, 0.717) is 20.0 Å². The van der Waals surface area contributed by atoms with Gasteiger partial charge in [-0.05, 0) is 0 Å². The van der Waals surface area contributed by atoms with Gasteiger partial charge in [-0.25, -0.2) is 0 Å². The molecule has 0 aliphatic rings. The van der Waals surface area contributed by atoms with Crippen LogP contribution in [-0.2, 0) is 6.15 Å². The Hall–Kier alpha value is -2.34. The number of allylic oxidation sites excluding steroid dienone is 4. The van der Waals surface area contributed by atoms with Gasteiger partial charge < -0.3 is 0 Å². The van der Waals surface area contributed by atoms with Crippen LogP contribution < -0.4 is 0 Å². The van der Waals surface area contributed by atoms with Crippen molar-refractivity contribution in [1.82, 2.24) is 0 Å². The predicted molar refractivity (Wildman–Crippen MR) is 118 cm³/mol. The summed E-state index contributed by atoms with van der Waals surface area (Å²) in [5.41, 5.74) is 3.10. The molecule has 29 heavy (non-hydrogen) atoms. The summed E-state index contributed by atoms with van der Waals surface area (Å²) >= 11 is -4.20. The van der Waals surface area contributed by atoms with Gasteiger partial charge in [0.15, 0.2) is 0 Å². The Bertz CT molecular complexity index is 802. The second-order valence-electron chi connectivity index (χ2n) is 7.39. The van der Waals surface area contributed by atoms with Crippen LogP contribution in [0.25, 0.3) is 0 Å². The third kappa shape index (κ3) is 7.53. The summed E-state index contributed by atoms with van der Waals surface area (Å²) in [7, 11) is 0. The molecule has 0 aliphatic carbocycles. The number of hydrogen-bond donors (Lipinski definition) is 0. The summed E-state index contributed by atoms with van der Waals surface area (Å²) in [5.74, 6) is -0.877. The van der Waals surface area contributed by atoms with Crippen molar-refractivity contribution in [3.63, 3.8) is 0 Å². The van der Waals surface area contributed by atoms with Gasteiger partial charge in [0.1, 0.15) is 0 Å². The van der Waals surface area contributed by atoms with Crippen LogP contribution in [0.3, 0.4) is 0 Å². The molecular formula is C24H28O4Sn. The van der Waals surface area contributed by atoms with Crippen LogP contribution in [0.2, 0.25) is 8.87 Å². The van der Waals surface area contributed by atoms with Gasteiger partial charge in [-0.2, -0.15) is 0 Å². The molecule has 0 amide bonds. The fourth-order valence-corrected chi connectivity index (χ4v) is 10.8. The van der Waals surface area contributed by atoms with Crippen LogP contribution in [0.4, 0.5) is 0 Å². The summed E-state index contributed by atoms with van der Waals surface area (Å²) in [6.45, 7) is 7.93. The van der Waals surface area contributed by atoms with E-state index >= 15 is 0 Å². The molecule has 0 N–H and O–H groups in total. The summed E-state index contributed by atoms with van der Waals surface area (Å²) in [6.07, 6.45) is 4.01. The van der Waals surface area contributed by atoms with Crippen molar-refractivity contribution >= 4 is 31.1 Å². The normalized spacial score (nSPS) is 10.6. The van der Waals surface area contributed by atoms with E-state index in [0.717, 1.165) is 11.1 Å². The first-order valence-corrected chi connectivity index (χ1v) is 16.0. The van der Waals surface area contributed by atoms with E-state index in [1.165, 1.54) is 0 Å². The standard InChI is InChI=1S/2C7H6O2.2C5H9.Sn/c2*8-7(9)6-4-2-1-3-5-6;2*1-4-5(2)3;/h2*1-5H,(H,8,9);2*4H,1H2,2-3H3;/q;;;;+2/p-2. The number of carbonyl (C=O) groups is 2. The Kier molecular flexibility index (Phi) is 8.70. The molecule has 2 aromatic carbocycles. The summed E-state index contributed by atoms with van der Waals surface area (Å²) in [5, 5.41) is 0. The molecule has 2 aromatic rings. The van der Waals surface area contributed by atoms with Crippen molar-refractivity contribution in [3.8, 4) is 0 Å². The molecule has 0 fully saturated rings. The molecule has 2 rings (SSSR count). The zero-order valence-corrected chi connectivity index (χ0v) is 20.3. The van der Waals surface area contributed by atoms with Crippen molar-refractivity contribution in [2.24, 2.45) is 0 Å². The van der Waals surface area contributed by atoms with E-state index in [9.17, 15) is 9.59 Å². The maximum atomic E-state index is 12.9. The molecule has 0 aromatic heterocycles. The first-order chi connectivity index (χ1) is 13.8. The van der Waals surface area contributed by atoms with E-state index in [1.807, 2.05) is 52.0 Å². The van der Waals surface area contributed by atoms with E-state index < -0.39 is 31.1 Å². The summed E-state index contributed by atoms with van der Waals surface area (Å²) in [4.78, 5) is 25.7. The van der Waals surface area contributed by atoms with E-state index in [1.54, 1.807) is 48.5 Å². The fourth-order valence-electron chi connectivity index (χ4n) is 2.59. The Balaban J connectivity index is 2.40. The fraction of sp³-hybridized carbons (Fsp3) is 0.250. The molecule has 0 saturated carbocycles. The molecular weight excluding hydrogens is 471 g/mol. The van der Waals surface area contributed by atoms with Crippen LogP contribution in [0.15, 0.2) is 84.0 Å². The molecule has 4 nitrogen and oxygen atoms in total. The number of rotatable bonds is 8. The number of carbonyl (C=O) groups excluding carboxylic acids is 2. The van der Waals surface area contributed by atoms with Crippen LogP contribution >= 0.6 is 0 Å². The summed E-state index contributed by atoms with van der Waals surface area (Å²) in [6, 6.07) is 17.7. The van der Waals surface area contributed by atoms with Gasteiger partial charge in [-0.1, -0.05) is 0 Å². The SMILES string of the molecule is CC(C)=C[CH2][Sn]([CH2]C=C(C)C)([O]C(=O)c1ccccc1)[O]C(=O)c1ccccc1. The van der Waals surface area contributed by atoms with Crippen molar-refractivity contribution in [1.29, 1.82) is 0 Å². The minimum absolute atomic E-state index is 0.438. The third-order valence-electron chi connectivity index (χ3n) is 4.22. The van der Waals surface area contributed by atoms with Gasteiger partial charge in [0, 0.05) is 0 Å². The van der Waals surface area contributed by atoms with Gasteiger partial charge in [-0.15, -0.1) is 0 Å². The first kappa shape index (κ1) is 22.9. The zero-order chi connectivity index (χ0) is 21.3. The molecule has 0 unspecified atom stereocenters. The second-order valence-corrected chi connectivity index (χ2v) is 16.1. The molecule has 0 spiro atoms. The van der Waals surface area contributed by atoms with Crippen LogP contribution in [0.1, 0.15) is 48.4 Å². The van der Waals surface area contributed by atoms with Gasteiger partial charge in [0.2, 0.25) is 0 Å². The van der Waals surface area contributed by atoms with Crippen LogP contribution in [-0.4, -0.2) is 31.1 Å². The summed E-state index contributed by atoms with van der Waals surface area (Å²) < 4.78 is 13.1. The zero-order valence-electron chi connectivity index (χ0n) is 17.5. The molecule has 0 saturated heterocycles. The Morgan fingerprint density at radius 1 is 0.690 bits per heavy atom. The van der Waals surface area contributed by atoms with Crippen molar-refractivity contribution in [2.45, 2.75) is 36.6 Å². The quantitative estimate of drug-likeness (QED) is 0.327. The molecule has 5 heteroatoms. The molecule has 0 bridgehead atoms. The van der Waals surface area contributed by atoms with E-state index in [-0.39, 0.29) is 0 Å². The Morgan fingerprint density at radius 3 is 1.34 bits per heavy atom. The Morgan fingerprint density at radius 2 is 1.03 bits per heavy atom.